The third-order valence-corrected chi connectivity index (χ3v) is 6.84. The number of benzene rings is 2. The number of amides is 2. The largest absolute Gasteiger partial charge is 0.497 e. The van der Waals surface area contributed by atoms with Crippen LogP contribution in [0.4, 0.5) is 0 Å². The summed E-state index contributed by atoms with van der Waals surface area (Å²) in [5, 5.41) is 9.49. The molecule has 4 rings (SSSR count). The second-order valence-electron chi connectivity index (χ2n) is 9.36. The van der Waals surface area contributed by atoms with Crippen LogP contribution in [0.2, 0.25) is 0 Å². The summed E-state index contributed by atoms with van der Waals surface area (Å²) in [4.78, 5) is 28.2. The molecule has 2 heterocycles. The minimum Gasteiger partial charge on any atom is -0.497 e. The Kier molecular flexibility index (Phi) is 8.53. The molecule has 0 aliphatic carbocycles. The number of nitrogens with zero attached hydrogens (tertiary/aromatic N) is 3. The van der Waals surface area contributed by atoms with E-state index in [-0.39, 0.29) is 30.3 Å². The number of nitrogens with one attached hydrogen (secondary N) is 1. The molecule has 0 spiro atoms. The number of likely N-dealkylation sites (tertiary alicyclic amines) is 1. The monoisotopic (exact) mass is 476 g/mol. The van der Waals surface area contributed by atoms with Gasteiger partial charge >= 0.3 is 0 Å². The van der Waals surface area contributed by atoms with Crippen LogP contribution >= 0.6 is 0 Å². The maximum Gasteiger partial charge on any atom is 0.257 e. The lowest BCUT2D eigenvalue weighted by Crippen LogP contribution is -2.46. The van der Waals surface area contributed by atoms with Gasteiger partial charge in [0.1, 0.15) is 5.75 Å². The minimum atomic E-state index is -0.165. The number of hydrogen-bond donors (Lipinski definition) is 1. The standard InChI is InChI=1S/C28H36N4O3/c1-3-4-16-29-28(34)23-11-8-17-31(19-23)20-27(33)32-26(22-12-14-24(35-2)15-13-22)18-25(30-32)21-9-6-5-7-10-21/h5-7,9-10,12-15,23,26H,3-4,8,11,16-20H2,1-2H3,(H,29,34). The van der Waals surface area contributed by atoms with Crippen LogP contribution in [0.1, 0.15) is 56.2 Å². The lowest BCUT2D eigenvalue weighted by molar-refractivity contribution is -0.136. The molecule has 1 saturated heterocycles. The first-order valence-electron chi connectivity index (χ1n) is 12.7. The quantitative estimate of drug-likeness (QED) is 0.555. The highest BCUT2D eigenvalue weighted by Gasteiger charge is 2.35. The second kappa shape index (κ2) is 12.0. The molecule has 2 aliphatic rings. The summed E-state index contributed by atoms with van der Waals surface area (Å²) < 4.78 is 5.31. The van der Waals surface area contributed by atoms with Crippen molar-refractivity contribution < 1.29 is 14.3 Å². The summed E-state index contributed by atoms with van der Waals surface area (Å²) in [5.41, 5.74) is 2.97. The third-order valence-electron chi connectivity index (χ3n) is 6.84. The smallest absolute Gasteiger partial charge is 0.257 e. The molecular formula is C28H36N4O3. The van der Waals surface area contributed by atoms with Crippen molar-refractivity contribution in [2.45, 2.75) is 45.1 Å². The van der Waals surface area contributed by atoms with E-state index in [0.717, 1.165) is 61.4 Å². The molecule has 2 atom stereocenters. The van der Waals surface area contributed by atoms with Gasteiger partial charge in [0.2, 0.25) is 5.91 Å². The Morgan fingerprint density at radius 2 is 1.89 bits per heavy atom. The first kappa shape index (κ1) is 24.9. The summed E-state index contributed by atoms with van der Waals surface area (Å²) in [6.07, 6.45) is 4.49. The van der Waals surface area contributed by atoms with Gasteiger partial charge in [-0.3, -0.25) is 14.5 Å². The van der Waals surface area contributed by atoms with Crippen LogP contribution < -0.4 is 10.1 Å². The maximum atomic E-state index is 13.5. The van der Waals surface area contributed by atoms with E-state index in [9.17, 15) is 9.59 Å². The number of ether oxygens (including phenoxy) is 1. The fourth-order valence-corrected chi connectivity index (χ4v) is 4.84. The van der Waals surface area contributed by atoms with Crippen LogP contribution in [-0.2, 0) is 9.59 Å². The number of methoxy groups -OCH3 is 1. The molecule has 1 N–H and O–H groups in total. The minimum absolute atomic E-state index is 0.0382. The summed E-state index contributed by atoms with van der Waals surface area (Å²) in [7, 11) is 1.65. The molecule has 2 aromatic carbocycles. The Morgan fingerprint density at radius 3 is 2.60 bits per heavy atom. The molecule has 0 saturated carbocycles. The Morgan fingerprint density at radius 1 is 1.11 bits per heavy atom. The fourth-order valence-electron chi connectivity index (χ4n) is 4.84. The van der Waals surface area contributed by atoms with Crippen molar-refractivity contribution >= 4 is 17.5 Å². The van der Waals surface area contributed by atoms with Crippen molar-refractivity contribution in [1.82, 2.24) is 15.2 Å². The summed E-state index contributed by atoms with van der Waals surface area (Å²) >= 11 is 0. The Bertz CT molecular complexity index is 1020. The Labute approximate surface area is 208 Å². The van der Waals surface area contributed by atoms with Gasteiger partial charge in [-0.2, -0.15) is 5.10 Å². The zero-order valence-electron chi connectivity index (χ0n) is 20.8. The van der Waals surface area contributed by atoms with E-state index >= 15 is 0 Å². The summed E-state index contributed by atoms with van der Waals surface area (Å²) in [6, 6.07) is 17.7. The average Bonchev–Trinajstić information content (AvgIpc) is 3.35. The number of carbonyl (C=O) groups excluding carboxylic acids is 2. The van der Waals surface area contributed by atoms with Gasteiger partial charge in [0, 0.05) is 19.5 Å². The third kappa shape index (κ3) is 6.28. The number of hydrazone groups is 1. The summed E-state index contributed by atoms with van der Waals surface area (Å²) in [5.74, 6) is 0.791. The lowest BCUT2D eigenvalue weighted by atomic mass is 9.96. The molecule has 0 bridgehead atoms. The van der Waals surface area contributed by atoms with Crippen molar-refractivity contribution in [1.29, 1.82) is 0 Å². The zero-order chi connectivity index (χ0) is 24.6. The van der Waals surface area contributed by atoms with Crippen LogP contribution in [0.25, 0.3) is 0 Å². The first-order valence-corrected chi connectivity index (χ1v) is 12.7. The molecule has 7 heteroatoms. The van der Waals surface area contributed by atoms with E-state index in [0.29, 0.717) is 13.0 Å². The Balaban J connectivity index is 1.47. The van der Waals surface area contributed by atoms with Crippen molar-refractivity contribution in [2.75, 3.05) is 33.3 Å². The predicted octanol–water partition coefficient (Wildman–Crippen LogP) is 4.00. The number of carbonyl (C=O) groups is 2. The van der Waals surface area contributed by atoms with Crippen molar-refractivity contribution in [3.05, 3.63) is 65.7 Å². The molecule has 186 valence electrons. The molecule has 2 unspecified atom stereocenters. The van der Waals surface area contributed by atoms with Gasteiger partial charge in [-0.05, 0) is 49.1 Å². The molecule has 2 aliphatic heterocycles. The molecule has 7 nitrogen and oxygen atoms in total. The SMILES string of the molecule is CCCCNC(=O)C1CCCN(CC(=O)N2N=C(c3ccccc3)CC2c2ccc(OC)cc2)C1. The van der Waals surface area contributed by atoms with Crippen LogP contribution in [0.15, 0.2) is 59.7 Å². The average molecular weight is 477 g/mol. The normalized spacial score (nSPS) is 20.4. The number of piperidine rings is 1. The molecule has 0 aromatic heterocycles. The molecule has 2 aromatic rings. The maximum absolute atomic E-state index is 13.5. The van der Waals surface area contributed by atoms with Gasteiger partial charge in [-0.25, -0.2) is 5.01 Å². The van der Waals surface area contributed by atoms with Crippen LogP contribution in [0.5, 0.6) is 5.75 Å². The Hall–Kier alpha value is -3.19. The van der Waals surface area contributed by atoms with E-state index in [4.69, 9.17) is 9.84 Å². The predicted molar refractivity (Wildman–Crippen MR) is 137 cm³/mol. The number of rotatable bonds is 9. The number of unbranched alkanes of at least 4 members (excludes halogenated alkanes) is 1. The van der Waals surface area contributed by atoms with Gasteiger partial charge in [0.25, 0.3) is 5.91 Å². The van der Waals surface area contributed by atoms with Gasteiger partial charge in [-0.15, -0.1) is 0 Å². The van der Waals surface area contributed by atoms with E-state index in [1.165, 1.54) is 0 Å². The summed E-state index contributed by atoms with van der Waals surface area (Å²) in [6.45, 7) is 4.53. The lowest BCUT2D eigenvalue weighted by Gasteiger charge is -2.33. The molecule has 0 radical (unpaired) electrons. The van der Waals surface area contributed by atoms with Gasteiger partial charge in [0.05, 0.1) is 31.3 Å². The van der Waals surface area contributed by atoms with Gasteiger partial charge in [0.15, 0.2) is 0 Å². The molecule has 2 amide bonds. The second-order valence-corrected chi connectivity index (χ2v) is 9.36. The topological polar surface area (TPSA) is 74.2 Å². The van der Waals surface area contributed by atoms with Crippen molar-refractivity contribution in [2.24, 2.45) is 11.0 Å². The first-order chi connectivity index (χ1) is 17.1. The molecular weight excluding hydrogens is 440 g/mol. The van der Waals surface area contributed by atoms with Gasteiger partial charge < -0.3 is 10.1 Å². The van der Waals surface area contributed by atoms with E-state index < -0.39 is 0 Å². The van der Waals surface area contributed by atoms with Crippen LogP contribution in [0, 0.1) is 5.92 Å². The molecule has 1 fully saturated rings. The van der Waals surface area contributed by atoms with Crippen molar-refractivity contribution in [3.8, 4) is 5.75 Å². The highest BCUT2D eigenvalue weighted by Crippen LogP contribution is 2.34. The number of hydrogen-bond acceptors (Lipinski definition) is 5. The van der Waals surface area contributed by atoms with Crippen LogP contribution in [-0.4, -0.2) is 60.7 Å². The fraction of sp³-hybridized carbons (Fsp3) is 0.464. The molecule has 35 heavy (non-hydrogen) atoms. The zero-order valence-corrected chi connectivity index (χ0v) is 20.8. The van der Waals surface area contributed by atoms with E-state index in [2.05, 4.69) is 17.1 Å². The van der Waals surface area contributed by atoms with E-state index in [1.807, 2.05) is 54.6 Å². The highest BCUT2D eigenvalue weighted by atomic mass is 16.5. The van der Waals surface area contributed by atoms with Crippen LogP contribution in [0.3, 0.4) is 0 Å². The van der Waals surface area contributed by atoms with Crippen molar-refractivity contribution in [3.63, 3.8) is 0 Å². The highest BCUT2D eigenvalue weighted by molar-refractivity contribution is 6.03. The van der Waals surface area contributed by atoms with Gasteiger partial charge in [-0.1, -0.05) is 55.8 Å². The van der Waals surface area contributed by atoms with E-state index in [1.54, 1.807) is 12.1 Å².